The molecular formula is C27H29N3O2S. The Bertz CT molecular complexity index is 1260. The van der Waals surface area contributed by atoms with Crippen LogP contribution in [0.25, 0.3) is 21.8 Å². The SMILES string of the molecule is CC1CCN(C(CNC(=O)Cn2c3ccccc3c(=O)c3ccccc32)c2cccs2)CC1. The Morgan fingerprint density at radius 3 is 2.24 bits per heavy atom. The van der Waals surface area contributed by atoms with E-state index in [2.05, 4.69) is 34.7 Å². The second-order valence-electron chi connectivity index (χ2n) is 9.00. The zero-order valence-electron chi connectivity index (χ0n) is 18.9. The van der Waals surface area contributed by atoms with Crippen molar-refractivity contribution in [2.45, 2.75) is 32.4 Å². The Labute approximate surface area is 197 Å². The first kappa shape index (κ1) is 21.9. The molecule has 0 saturated carbocycles. The van der Waals surface area contributed by atoms with E-state index >= 15 is 0 Å². The number of aromatic nitrogens is 1. The van der Waals surface area contributed by atoms with Gasteiger partial charge in [-0.05, 0) is 67.6 Å². The molecule has 1 aliphatic rings. The Morgan fingerprint density at radius 1 is 1.00 bits per heavy atom. The molecule has 0 aliphatic carbocycles. The molecule has 4 aromatic rings. The first-order valence-electron chi connectivity index (χ1n) is 11.7. The average molecular weight is 460 g/mol. The van der Waals surface area contributed by atoms with Crippen LogP contribution in [0.3, 0.4) is 0 Å². The number of hydrogen-bond acceptors (Lipinski definition) is 4. The summed E-state index contributed by atoms with van der Waals surface area (Å²) >= 11 is 1.75. The molecule has 1 atom stereocenters. The molecule has 1 unspecified atom stereocenters. The molecule has 6 heteroatoms. The Morgan fingerprint density at radius 2 is 1.64 bits per heavy atom. The summed E-state index contributed by atoms with van der Waals surface area (Å²) in [4.78, 5) is 29.9. The number of carbonyl (C=O) groups is 1. The number of benzene rings is 2. The maximum Gasteiger partial charge on any atom is 0.240 e. The van der Waals surface area contributed by atoms with Gasteiger partial charge in [0.1, 0.15) is 6.54 Å². The van der Waals surface area contributed by atoms with Crippen molar-refractivity contribution in [3.8, 4) is 0 Å². The summed E-state index contributed by atoms with van der Waals surface area (Å²) in [5.41, 5.74) is 1.59. The highest BCUT2D eigenvalue weighted by Crippen LogP contribution is 2.29. The number of thiophene rings is 1. The third kappa shape index (κ3) is 4.45. The van der Waals surface area contributed by atoms with Crippen LogP contribution >= 0.6 is 11.3 Å². The zero-order valence-corrected chi connectivity index (χ0v) is 19.7. The number of carbonyl (C=O) groups excluding carboxylic acids is 1. The number of rotatable bonds is 6. The predicted octanol–water partition coefficient (Wildman–Crippen LogP) is 4.81. The van der Waals surface area contributed by atoms with E-state index in [1.807, 2.05) is 53.1 Å². The second-order valence-corrected chi connectivity index (χ2v) is 9.98. The maximum absolute atomic E-state index is 13.2. The molecule has 0 bridgehead atoms. The van der Waals surface area contributed by atoms with E-state index in [-0.39, 0.29) is 23.9 Å². The van der Waals surface area contributed by atoms with E-state index in [9.17, 15) is 9.59 Å². The lowest BCUT2D eigenvalue weighted by molar-refractivity contribution is -0.121. The molecule has 2 aromatic heterocycles. The van der Waals surface area contributed by atoms with Crippen molar-refractivity contribution in [2.24, 2.45) is 5.92 Å². The van der Waals surface area contributed by atoms with Gasteiger partial charge in [-0.1, -0.05) is 37.3 Å². The highest BCUT2D eigenvalue weighted by atomic mass is 32.1. The molecular weight excluding hydrogens is 430 g/mol. The van der Waals surface area contributed by atoms with Crippen molar-refractivity contribution in [1.82, 2.24) is 14.8 Å². The highest BCUT2D eigenvalue weighted by Gasteiger charge is 2.26. The van der Waals surface area contributed by atoms with Gasteiger partial charge in [-0.25, -0.2) is 0 Å². The van der Waals surface area contributed by atoms with Crippen LogP contribution in [0, 0.1) is 5.92 Å². The lowest BCUT2D eigenvalue weighted by Crippen LogP contribution is -2.42. The van der Waals surface area contributed by atoms with Gasteiger partial charge in [0.05, 0.1) is 17.1 Å². The first-order chi connectivity index (χ1) is 16.1. The molecule has 5 rings (SSSR count). The summed E-state index contributed by atoms with van der Waals surface area (Å²) in [5, 5.41) is 6.59. The van der Waals surface area contributed by atoms with Gasteiger partial charge in [0, 0.05) is 22.2 Å². The molecule has 1 amide bonds. The number of amides is 1. The molecule has 0 spiro atoms. The number of nitrogens with zero attached hydrogens (tertiary/aromatic N) is 2. The molecule has 33 heavy (non-hydrogen) atoms. The predicted molar refractivity (Wildman–Crippen MR) is 136 cm³/mol. The molecule has 1 saturated heterocycles. The van der Waals surface area contributed by atoms with Crippen molar-refractivity contribution in [1.29, 1.82) is 0 Å². The number of nitrogens with one attached hydrogen (secondary N) is 1. The zero-order chi connectivity index (χ0) is 22.8. The molecule has 2 aromatic carbocycles. The van der Waals surface area contributed by atoms with E-state index < -0.39 is 0 Å². The third-order valence-electron chi connectivity index (χ3n) is 6.80. The number of piperidine rings is 1. The van der Waals surface area contributed by atoms with Gasteiger partial charge in [-0.3, -0.25) is 14.5 Å². The van der Waals surface area contributed by atoms with E-state index in [4.69, 9.17) is 0 Å². The Kier molecular flexibility index (Phi) is 6.29. The van der Waals surface area contributed by atoms with Crippen molar-refractivity contribution in [2.75, 3.05) is 19.6 Å². The van der Waals surface area contributed by atoms with Gasteiger partial charge >= 0.3 is 0 Å². The number of hydrogen-bond donors (Lipinski definition) is 1. The summed E-state index contributed by atoms with van der Waals surface area (Å²) in [6, 6.07) is 19.5. The van der Waals surface area contributed by atoms with Crippen LogP contribution in [-0.2, 0) is 11.3 Å². The van der Waals surface area contributed by atoms with Crippen LogP contribution in [0.4, 0.5) is 0 Å². The van der Waals surface area contributed by atoms with Gasteiger partial charge in [-0.15, -0.1) is 11.3 Å². The van der Waals surface area contributed by atoms with Crippen molar-refractivity contribution in [3.63, 3.8) is 0 Å². The summed E-state index contributed by atoms with van der Waals surface area (Å²) in [7, 11) is 0. The van der Waals surface area contributed by atoms with E-state index in [1.54, 1.807) is 11.3 Å². The van der Waals surface area contributed by atoms with Crippen LogP contribution < -0.4 is 10.7 Å². The lowest BCUT2D eigenvalue weighted by Gasteiger charge is -2.36. The van der Waals surface area contributed by atoms with Gasteiger partial charge in [0.15, 0.2) is 5.43 Å². The summed E-state index contributed by atoms with van der Waals surface area (Å²) in [6.45, 7) is 5.21. The fraction of sp³-hybridized carbons (Fsp3) is 0.333. The standard InChI is InChI=1S/C27H29N3O2S/c1-19-12-14-29(15-13-19)24(25-11-6-16-33-25)17-28-26(31)18-30-22-9-4-2-7-20(22)27(32)21-8-3-5-10-23(21)30/h2-11,16,19,24H,12-15,17-18H2,1H3,(H,28,31). The number of para-hydroxylation sites is 2. The second kappa shape index (κ2) is 9.49. The molecule has 1 N–H and O–H groups in total. The topological polar surface area (TPSA) is 54.3 Å². The van der Waals surface area contributed by atoms with Gasteiger partial charge in [-0.2, -0.15) is 0 Å². The number of pyridine rings is 1. The average Bonchev–Trinajstić information content (AvgIpc) is 3.38. The molecule has 1 fully saturated rings. The third-order valence-corrected chi connectivity index (χ3v) is 7.78. The molecule has 5 nitrogen and oxygen atoms in total. The Hall–Kier alpha value is -2.96. The largest absolute Gasteiger partial charge is 0.353 e. The quantitative estimate of drug-likeness (QED) is 0.421. The number of fused-ring (bicyclic) bond motifs is 2. The normalized spacial score (nSPS) is 16.3. The van der Waals surface area contributed by atoms with Gasteiger partial charge in [0.25, 0.3) is 0 Å². The van der Waals surface area contributed by atoms with Crippen molar-refractivity contribution >= 4 is 39.0 Å². The maximum atomic E-state index is 13.2. The van der Waals surface area contributed by atoms with Crippen LogP contribution in [0.2, 0.25) is 0 Å². The van der Waals surface area contributed by atoms with Crippen LogP contribution in [0.15, 0.2) is 70.8 Å². The minimum atomic E-state index is -0.0408. The number of likely N-dealkylation sites (tertiary alicyclic amines) is 1. The van der Waals surface area contributed by atoms with Crippen molar-refractivity contribution < 1.29 is 4.79 Å². The minimum Gasteiger partial charge on any atom is -0.353 e. The summed E-state index contributed by atoms with van der Waals surface area (Å²) < 4.78 is 1.96. The fourth-order valence-corrected chi connectivity index (χ4v) is 5.75. The highest BCUT2D eigenvalue weighted by molar-refractivity contribution is 7.10. The lowest BCUT2D eigenvalue weighted by atomic mass is 9.97. The first-order valence-corrected chi connectivity index (χ1v) is 12.5. The van der Waals surface area contributed by atoms with Crippen LogP contribution in [0.1, 0.15) is 30.7 Å². The van der Waals surface area contributed by atoms with E-state index in [0.717, 1.165) is 30.0 Å². The smallest absolute Gasteiger partial charge is 0.240 e. The fourth-order valence-electron chi connectivity index (χ4n) is 4.89. The summed E-state index contributed by atoms with van der Waals surface area (Å²) in [6.07, 6.45) is 2.40. The van der Waals surface area contributed by atoms with E-state index in [0.29, 0.717) is 17.3 Å². The molecule has 1 aliphatic heterocycles. The monoisotopic (exact) mass is 459 g/mol. The van der Waals surface area contributed by atoms with E-state index in [1.165, 1.54) is 17.7 Å². The molecule has 3 heterocycles. The van der Waals surface area contributed by atoms with Gasteiger partial charge in [0.2, 0.25) is 5.91 Å². The Balaban J connectivity index is 1.39. The van der Waals surface area contributed by atoms with Crippen LogP contribution in [-0.4, -0.2) is 35.0 Å². The minimum absolute atomic E-state index is 0.00921. The van der Waals surface area contributed by atoms with Gasteiger partial charge < -0.3 is 9.88 Å². The molecule has 170 valence electrons. The van der Waals surface area contributed by atoms with Crippen LogP contribution in [0.5, 0.6) is 0 Å². The molecule has 0 radical (unpaired) electrons. The van der Waals surface area contributed by atoms with Crippen molar-refractivity contribution in [3.05, 3.63) is 81.1 Å². The summed E-state index contributed by atoms with van der Waals surface area (Å²) in [5.74, 6) is 0.725.